The first-order chi connectivity index (χ1) is 11.2. The number of hydrogen-bond donors (Lipinski definition) is 2. The lowest BCUT2D eigenvalue weighted by molar-refractivity contribution is -0.116. The van der Waals surface area contributed by atoms with Gasteiger partial charge in [-0.3, -0.25) is 4.79 Å². The number of rotatable bonds is 9. The molecular formula is C18H31N3O3. The lowest BCUT2D eigenvalue weighted by Gasteiger charge is -2.34. The van der Waals surface area contributed by atoms with E-state index in [0.29, 0.717) is 23.6 Å². The fraction of sp³-hybridized carbons (Fsp3) is 0.611. The summed E-state index contributed by atoms with van der Waals surface area (Å²) < 4.78 is 10.5. The maximum absolute atomic E-state index is 12.3. The first kappa shape index (κ1) is 20.3. The predicted molar refractivity (Wildman–Crippen MR) is 98.0 cm³/mol. The van der Waals surface area contributed by atoms with E-state index in [-0.39, 0.29) is 17.5 Å². The van der Waals surface area contributed by atoms with E-state index in [2.05, 4.69) is 43.5 Å². The molecule has 0 aliphatic rings. The van der Waals surface area contributed by atoms with Crippen LogP contribution in [0.1, 0.15) is 27.2 Å². The number of ether oxygens (including phenoxy) is 2. The summed E-state index contributed by atoms with van der Waals surface area (Å²) in [6, 6.07) is 5.40. The second kappa shape index (κ2) is 8.89. The molecular weight excluding hydrogens is 306 g/mol. The highest BCUT2D eigenvalue weighted by Gasteiger charge is 2.21. The van der Waals surface area contributed by atoms with Gasteiger partial charge in [-0.15, -0.1) is 0 Å². The minimum absolute atomic E-state index is 0.0317. The van der Waals surface area contributed by atoms with Crippen LogP contribution in [0.2, 0.25) is 0 Å². The maximum atomic E-state index is 12.3. The number of carbonyl (C=O) groups is 1. The van der Waals surface area contributed by atoms with Crippen LogP contribution in [0.15, 0.2) is 18.2 Å². The van der Waals surface area contributed by atoms with Gasteiger partial charge in [-0.25, -0.2) is 0 Å². The van der Waals surface area contributed by atoms with Crippen molar-refractivity contribution in [1.82, 2.24) is 10.2 Å². The van der Waals surface area contributed by atoms with E-state index in [4.69, 9.17) is 9.47 Å². The number of nitrogens with one attached hydrogen (secondary N) is 2. The van der Waals surface area contributed by atoms with Gasteiger partial charge in [0.2, 0.25) is 5.91 Å². The van der Waals surface area contributed by atoms with Gasteiger partial charge in [-0.1, -0.05) is 0 Å². The van der Waals surface area contributed by atoms with E-state index < -0.39 is 0 Å². The molecule has 6 heteroatoms. The van der Waals surface area contributed by atoms with E-state index >= 15 is 0 Å². The quantitative estimate of drug-likeness (QED) is 0.724. The van der Waals surface area contributed by atoms with Crippen molar-refractivity contribution in [2.75, 3.05) is 40.2 Å². The zero-order valence-electron chi connectivity index (χ0n) is 15.9. The lowest BCUT2D eigenvalue weighted by atomic mass is 10.0. The molecule has 0 spiro atoms. The number of nitrogens with zero attached hydrogens (tertiary/aromatic N) is 1. The van der Waals surface area contributed by atoms with Crippen molar-refractivity contribution in [3.05, 3.63) is 18.2 Å². The number of hydrogen-bond acceptors (Lipinski definition) is 5. The Morgan fingerprint density at radius 2 is 1.92 bits per heavy atom. The molecule has 24 heavy (non-hydrogen) atoms. The molecule has 0 heterocycles. The molecule has 0 saturated heterocycles. The number of methoxy groups -OCH3 is 2. The van der Waals surface area contributed by atoms with Crippen molar-refractivity contribution < 1.29 is 14.3 Å². The van der Waals surface area contributed by atoms with Crippen LogP contribution in [0.25, 0.3) is 0 Å². The summed E-state index contributed by atoms with van der Waals surface area (Å²) in [5.41, 5.74) is 0.674. The SMILES string of the molecule is COc1ccc(NC(=O)CC(C)NCC(C)(C)N(C)C)c(OC)c1. The number of anilines is 1. The second-order valence-electron chi connectivity index (χ2n) is 6.81. The molecule has 0 fully saturated rings. The van der Waals surface area contributed by atoms with Crippen molar-refractivity contribution in [2.24, 2.45) is 0 Å². The molecule has 0 saturated carbocycles. The molecule has 1 unspecified atom stereocenters. The lowest BCUT2D eigenvalue weighted by Crippen LogP contribution is -2.49. The second-order valence-corrected chi connectivity index (χ2v) is 6.81. The Balaban J connectivity index is 2.57. The van der Waals surface area contributed by atoms with E-state index in [1.165, 1.54) is 0 Å². The van der Waals surface area contributed by atoms with Crippen molar-refractivity contribution >= 4 is 11.6 Å². The number of likely N-dealkylation sites (N-methyl/N-ethyl adjacent to an activating group) is 1. The van der Waals surface area contributed by atoms with Gasteiger partial charge < -0.3 is 25.0 Å². The topological polar surface area (TPSA) is 62.8 Å². The Labute approximate surface area is 145 Å². The summed E-state index contributed by atoms with van der Waals surface area (Å²) in [4.78, 5) is 14.4. The molecule has 0 aliphatic carbocycles. The molecule has 0 bridgehead atoms. The third-order valence-electron chi connectivity index (χ3n) is 4.27. The van der Waals surface area contributed by atoms with E-state index in [1.54, 1.807) is 32.4 Å². The average Bonchev–Trinajstić information content (AvgIpc) is 2.53. The first-order valence-electron chi connectivity index (χ1n) is 8.12. The fourth-order valence-corrected chi connectivity index (χ4v) is 2.04. The summed E-state index contributed by atoms with van der Waals surface area (Å²) in [6.45, 7) is 7.14. The zero-order chi connectivity index (χ0) is 18.3. The number of benzene rings is 1. The van der Waals surface area contributed by atoms with Gasteiger partial charge in [-0.05, 0) is 47.0 Å². The Kier molecular flexibility index (Phi) is 7.51. The standard InChI is InChI=1S/C18H31N3O3/c1-13(19-12-18(2,3)21(4)5)10-17(22)20-15-9-8-14(23-6)11-16(15)24-7/h8-9,11,13,19H,10,12H2,1-7H3,(H,20,22). The van der Waals surface area contributed by atoms with E-state index in [9.17, 15) is 4.79 Å². The minimum Gasteiger partial charge on any atom is -0.497 e. The van der Waals surface area contributed by atoms with Gasteiger partial charge in [0.05, 0.1) is 19.9 Å². The van der Waals surface area contributed by atoms with Gasteiger partial charge in [0, 0.05) is 30.6 Å². The van der Waals surface area contributed by atoms with Gasteiger partial charge in [0.1, 0.15) is 11.5 Å². The number of carbonyl (C=O) groups excluding carboxylic acids is 1. The molecule has 1 aromatic carbocycles. The molecule has 0 aromatic heterocycles. The molecule has 1 atom stereocenters. The van der Waals surface area contributed by atoms with Gasteiger partial charge in [0.15, 0.2) is 0 Å². The maximum Gasteiger partial charge on any atom is 0.226 e. The highest BCUT2D eigenvalue weighted by Crippen LogP contribution is 2.29. The van der Waals surface area contributed by atoms with Gasteiger partial charge in [-0.2, -0.15) is 0 Å². The van der Waals surface area contributed by atoms with E-state index in [0.717, 1.165) is 6.54 Å². The summed E-state index contributed by atoms with van der Waals surface area (Å²) in [5.74, 6) is 1.21. The van der Waals surface area contributed by atoms with Crippen LogP contribution in [-0.2, 0) is 4.79 Å². The third-order valence-corrected chi connectivity index (χ3v) is 4.27. The van der Waals surface area contributed by atoms with Crippen molar-refractivity contribution in [3.63, 3.8) is 0 Å². The largest absolute Gasteiger partial charge is 0.497 e. The smallest absolute Gasteiger partial charge is 0.226 e. The fourth-order valence-electron chi connectivity index (χ4n) is 2.04. The average molecular weight is 337 g/mol. The monoisotopic (exact) mass is 337 g/mol. The summed E-state index contributed by atoms with van der Waals surface area (Å²) in [5, 5.41) is 6.31. The molecule has 0 radical (unpaired) electrons. The normalized spacial score (nSPS) is 12.8. The molecule has 0 aliphatic heterocycles. The first-order valence-corrected chi connectivity index (χ1v) is 8.12. The van der Waals surface area contributed by atoms with Gasteiger partial charge >= 0.3 is 0 Å². The predicted octanol–water partition coefficient (Wildman–Crippen LogP) is 2.35. The van der Waals surface area contributed by atoms with E-state index in [1.807, 2.05) is 6.92 Å². The van der Waals surface area contributed by atoms with Crippen molar-refractivity contribution in [3.8, 4) is 11.5 Å². The molecule has 2 N–H and O–H groups in total. The van der Waals surface area contributed by atoms with Crippen LogP contribution in [0.5, 0.6) is 11.5 Å². The van der Waals surface area contributed by atoms with Crippen LogP contribution in [0, 0.1) is 0 Å². The summed E-state index contributed by atoms with van der Waals surface area (Å²) in [6.07, 6.45) is 0.388. The Hall–Kier alpha value is -1.79. The van der Waals surface area contributed by atoms with Crippen LogP contribution in [0.4, 0.5) is 5.69 Å². The molecule has 136 valence electrons. The molecule has 1 amide bonds. The molecule has 1 aromatic rings. The van der Waals surface area contributed by atoms with Gasteiger partial charge in [0.25, 0.3) is 0 Å². The number of amides is 1. The van der Waals surface area contributed by atoms with Crippen molar-refractivity contribution in [2.45, 2.75) is 38.8 Å². The summed E-state index contributed by atoms with van der Waals surface area (Å²) in [7, 11) is 7.26. The summed E-state index contributed by atoms with van der Waals surface area (Å²) >= 11 is 0. The van der Waals surface area contributed by atoms with Crippen LogP contribution in [-0.4, -0.2) is 57.2 Å². The zero-order valence-corrected chi connectivity index (χ0v) is 15.9. The van der Waals surface area contributed by atoms with Crippen LogP contribution < -0.4 is 20.1 Å². The molecule has 1 rings (SSSR count). The highest BCUT2D eigenvalue weighted by molar-refractivity contribution is 5.92. The highest BCUT2D eigenvalue weighted by atomic mass is 16.5. The molecule has 6 nitrogen and oxygen atoms in total. The van der Waals surface area contributed by atoms with Crippen LogP contribution in [0.3, 0.4) is 0 Å². The van der Waals surface area contributed by atoms with Crippen molar-refractivity contribution in [1.29, 1.82) is 0 Å². The third kappa shape index (κ3) is 6.02. The Bertz CT molecular complexity index is 544. The van der Waals surface area contributed by atoms with Crippen LogP contribution >= 0.6 is 0 Å². The minimum atomic E-state index is -0.0545. The Morgan fingerprint density at radius 1 is 1.25 bits per heavy atom. The Morgan fingerprint density at radius 3 is 2.46 bits per heavy atom.